The highest BCUT2D eigenvalue weighted by atomic mass is 19.4. The van der Waals surface area contributed by atoms with E-state index in [4.69, 9.17) is 0 Å². The van der Waals surface area contributed by atoms with Crippen LogP contribution in [0.2, 0.25) is 0 Å². The number of carbonyl (C=O) groups is 1. The summed E-state index contributed by atoms with van der Waals surface area (Å²) in [7, 11) is 0. The Kier molecular flexibility index (Phi) is 9.94. The minimum absolute atomic E-state index is 0.315. The van der Waals surface area contributed by atoms with Gasteiger partial charge in [0.2, 0.25) is 5.91 Å². The van der Waals surface area contributed by atoms with Crippen LogP contribution in [-0.4, -0.2) is 5.91 Å². The number of anilines is 1. The average Bonchev–Trinajstić information content (AvgIpc) is 2.33. The van der Waals surface area contributed by atoms with Crippen molar-refractivity contribution in [3.63, 3.8) is 0 Å². The molecule has 104 valence electrons. The Morgan fingerprint density at radius 2 is 1.39 bits per heavy atom. The van der Waals surface area contributed by atoms with Gasteiger partial charge in [-0.05, 0) is 24.3 Å². The predicted octanol–water partition coefficient (Wildman–Crippen LogP) is 4.72. The Bertz CT molecular complexity index is 331. The van der Waals surface area contributed by atoms with Crippen molar-refractivity contribution in [1.29, 1.82) is 0 Å². The van der Waals surface area contributed by atoms with Crippen molar-refractivity contribution >= 4 is 11.6 Å². The third-order valence-corrected chi connectivity index (χ3v) is 1.53. The van der Waals surface area contributed by atoms with Crippen LogP contribution in [-0.2, 0) is 11.0 Å². The SMILES string of the molecule is CC.CC.CC(=O)Nc1ccc(C(F)(F)F)cc1. The van der Waals surface area contributed by atoms with Crippen LogP contribution < -0.4 is 5.32 Å². The van der Waals surface area contributed by atoms with Gasteiger partial charge in [0.1, 0.15) is 0 Å². The molecule has 0 bridgehead atoms. The molecule has 1 aromatic rings. The molecular formula is C13H20F3NO. The lowest BCUT2D eigenvalue weighted by atomic mass is 10.2. The molecule has 1 N–H and O–H groups in total. The van der Waals surface area contributed by atoms with Crippen molar-refractivity contribution in [3.8, 4) is 0 Å². The Balaban J connectivity index is 0. The van der Waals surface area contributed by atoms with Crippen molar-refractivity contribution < 1.29 is 18.0 Å². The number of hydrogen-bond acceptors (Lipinski definition) is 1. The van der Waals surface area contributed by atoms with Gasteiger partial charge in [0.25, 0.3) is 0 Å². The summed E-state index contributed by atoms with van der Waals surface area (Å²) in [5.41, 5.74) is -0.378. The molecule has 0 unspecified atom stereocenters. The number of halogens is 3. The van der Waals surface area contributed by atoms with Gasteiger partial charge in [-0.2, -0.15) is 13.2 Å². The van der Waals surface area contributed by atoms with E-state index < -0.39 is 11.7 Å². The summed E-state index contributed by atoms with van der Waals surface area (Å²) in [5.74, 6) is -0.315. The lowest BCUT2D eigenvalue weighted by Gasteiger charge is -2.07. The number of rotatable bonds is 1. The second-order valence-electron chi connectivity index (χ2n) is 2.76. The van der Waals surface area contributed by atoms with E-state index in [-0.39, 0.29) is 5.91 Å². The first-order valence-corrected chi connectivity index (χ1v) is 5.84. The maximum absolute atomic E-state index is 12.1. The normalized spacial score (nSPS) is 9.33. The second kappa shape index (κ2) is 9.50. The van der Waals surface area contributed by atoms with Crippen LogP contribution in [0.5, 0.6) is 0 Å². The molecule has 5 heteroatoms. The number of alkyl halides is 3. The van der Waals surface area contributed by atoms with Gasteiger partial charge in [-0.25, -0.2) is 0 Å². The van der Waals surface area contributed by atoms with Crippen molar-refractivity contribution in [2.24, 2.45) is 0 Å². The van der Waals surface area contributed by atoms with Crippen molar-refractivity contribution in [3.05, 3.63) is 29.8 Å². The molecule has 2 nitrogen and oxygen atoms in total. The number of hydrogen-bond donors (Lipinski definition) is 1. The molecule has 0 heterocycles. The third kappa shape index (κ3) is 7.70. The largest absolute Gasteiger partial charge is 0.416 e. The summed E-state index contributed by atoms with van der Waals surface area (Å²) >= 11 is 0. The molecule has 0 aromatic heterocycles. The van der Waals surface area contributed by atoms with Crippen LogP contribution in [0.3, 0.4) is 0 Å². The smallest absolute Gasteiger partial charge is 0.326 e. The Morgan fingerprint density at radius 3 is 1.67 bits per heavy atom. The van der Waals surface area contributed by atoms with E-state index in [1.807, 2.05) is 27.7 Å². The fourth-order valence-electron chi connectivity index (χ4n) is 0.946. The third-order valence-electron chi connectivity index (χ3n) is 1.53. The lowest BCUT2D eigenvalue weighted by molar-refractivity contribution is -0.137. The molecule has 0 fully saturated rings. The van der Waals surface area contributed by atoms with E-state index in [0.29, 0.717) is 5.69 Å². The van der Waals surface area contributed by atoms with Gasteiger partial charge in [0.05, 0.1) is 5.56 Å². The molecule has 0 aliphatic rings. The van der Waals surface area contributed by atoms with E-state index in [9.17, 15) is 18.0 Å². The summed E-state index contributed by atoms with van der Waals surface area (Å²) in [4.78, 5) is 10.6. The maximum Gasteiger partial charge on any atom is 0.416 e. The fraction of sp³-hybridized carbons (Fsp3) is 0.462. The number of nitrogens with one attached hydrogen (secondary N) is 1. The first-order chi connectivity index (χ1) is 8.39. The summed E-state index contributed by atoms with van der Waals surface area (Å²) in [5, 5.41) is 2.38. The van der Waals surface area contributed by atoms with Crippen LogP contribution in [0.25, 0.3) is 0 Å². The van der Waals surface area contributed by atoms with E-state index in [1.54, 1.807) is 0 Å². The minimum atomic E-state index is -4.34. The maximum atomic E-state index is 12.1. The van der Waals surface area contributed by atoms with Crippen molar-refractivity contribution in [1.82, 2.24) is 0 Å². The van der Waals surface area contributed by atoms with Gasteiger partial charge in [-0.1, -0.05) is 27.7 Å². The topological polar surface area (TPSA) is 29.1 Å². The monoisotopic (exact) mass is 263 g/mol. The lowest BCUT2D eigenvalue weighted by Crippen LogP contribution is -2.07. The molecule has 0 spiro atoms. The van der Waals surface area contributed by atoms with Crippen LogP contribution in [0.15, 0.2) is 24.3 Å². The van der Waals surface area contributed by atoms with Crippen molar-refractivity contribution in [2.45, 2.75) is 40.8 Å². The number of carbonyl (C=O) groups excluding carboxylic acids is 1. The van der Waals surface area contributed by atoms with Gasteiger partial charge >= 0.3 is 6.18 Å². The molecular weight excluding hydrogens is 243 g/mol. The van der Waals surface area contributed by atoms with Gasteiger partial charge in [-0.15, -0.1) is 0 Å². The zero-order valence-electron chi connectivity index (χ0n) is 11.4. The zero-order valence-corrected chi connectivity index (χ0v) is 11.4. The quantitative estimate of drug-likeness (QED) is 0.780. The van der Waals surface area contributed by atoms with Gasteiger partial charge in [0.15, 0.2) is 0 Å². The Morgan fingerprint density at radius 1 is 1.00 bits per heavy atom. The minimum Gasteiger partial charge on any atom is -0.326 e. The molecule has 18 heavy (non-hydrogen) atoms. The molecule has 0 saturated heterocycles. The highest BCUT2D eigenvalue weighted by Gasteiger charge is 2.29. The summed E-state index contributed by atoms with van der Waals surface area (Å²) in [6.07, 6.45) is -4.34. The van der Waals surface area contributed by atoms with Gasteiger partial charge < -0.3 is 5.32 Å². The number of benzene rings is 1. The van der Waals surface area contributed by atoms with Crippen molar-refractivity contribution in [2.75, 3.05) is 5.32 Å². The molecule has 0 aliphatic heterocycles. The first kappa shape index (κ1) is 18.8. The zero-order chi connectivity index (χ0) is 14.8. The summed E-state index contributed by atoms with van der Waals surface area (Å²) in [6.45, 7) is 9.29. The van der Waals surface area contributed by atoms with Crippen LogP contribution in [0.1, 0.15) is 40.2 Å². The molecule has 0 aliphatic carbocycles. The first-order valence-electron chi connectivity index (χ1n) is 5.84. The van der Waals surface area contributed by atoms with E-state index in [0.717, 1.165) is 12.1 Å². The van der Waals surface area contributed by atoms with Crippen LogP contribution >= 0.6 is 0 Å². The molecule has 0 saturated carbocycles. The molecule has 0 atom stereocenters. The van der Waals surface area contributed by atoms with E-state index >= 15 is 0 Å². The highest BCUT2D eigenvalue weighted by Crippen LogP contribution is 2.29. The Hall–Kier alpha value is -1.52. The van der Waals surface area contributed by atoms with E-state index in [1.165, 1.54) is 19.1 Å². The molecule has 0 radical (unpaired) electrons. The van der Waals surface area contributed by atoms with Gasteiger partial charge in [-0.3, -0.25) is 4.79 Å². The second-order valence-corrected chi connectivity index (χ2v) is 2.76. The predicted molar refractivity (Wildman–Crippen MR) is 68.4 cm³/mol. The summed E-state index contributed by atoms with van der Waals surface area (Å²) < 4.78 is 36.3. The highest BCUT2D eigenvalue weighted by molar-refractivity contribution is 5.88. The molecule has 1 aromatic carbocycles. The molecule has 1 amide bonds. The van der Waals surface area contributed by atoms with Crippen LogP contribution in [0, 0.1) is 0 Å². The van der Waals surface area contributed by atoms with Gasteiger partial charge in [0, 0.05) is 12.6 Å². The number of amides is 1. The van der Waals surface area contributed by atoms with Crippen LogP contribution in [0.4, 0.5) is 18.9 Å². The average molecular weight is 263 g/mol. The standard InChI is InChI=1S/C9H8F3NO.2C2H6/c1-6(14)13-8-4-2-7(3-5-8)9(10,11)12;2*1-2/h2-5H,1H3,(H,13,14);2*1-2H3. The Labute approximate surface area is 106 Å². The van der Waals surface area contributed by atoms with E-state index in [2.05, 4.69) is 5.32 Å². The fourth-order valence-corrected chi connectivity index (χ4v) is 0.946. The summed E-state index contributed by atoms with van der Waals surface area (Å²) in [6, 6.07) is 4.27. The molecule has 1 rings (SSSR count).